The summed E-state index contributed by atoms with van der Waals surface area (Å²) < 4.78 is 38.4. The highest BCUT2D eigenvalue weighted by Crippen LogP contribution is 2.29. The Kier molecular flexibility index (Phi) is 4.88. The van der Waals surface area contributed by atoms with Crippen LogP contribution < -0.4 is 5.32 Å². The maximum atomic E-state index is 12.4. The van der Waals surface area contributed by atoms with E-state index < -0.39 is 11.7 Å². The highest BCUT2D eigenvalue weighted by Gasteiger charge is 2.29. The van der Waals surface area contributed by atoms with Crippen LogP contribution in [0.4, 0.5) is 13.2 Å². The minimum Gasteiger partial charge on any atom is -0.305 e. The second-order valence-electron chi connectivity index (χ2n) is 4.46. The van der Waals surface area contributed by atoms with Crippen molar-refractivity contribution in [1.29, 1.82) is 0 Å². The fourth-order valence-electron chi connectivity index (χ4n) is 1.74. The molecule has 1 unspecified atom stereocenters. The molecule has 0 radical (unpaired) electrons. The van der Waals surface area contributed by atoms with Gasteiger partial charge in [-0.2, -0.15) is 13.2 Å². The Balaban J connectivity index is 1.94. The average molecular weight is 364 g/mol. The monoisotopic (exact) mass is 363 g/mol. The summed E-state index contributed by atoms with van der Waals surface area (Å²) in [5.74, 6) is 0. The smallest absolute Gasteiger partial charge is 0.305 e. The summed E-state index contributed by atoms with van der Waals surface area (Å²) in [5, 5.41) is 5.30. The summed E-state index contributed by atoms with van der Waals surface area (Å²) in [6.45, 7) is 2.57. The number of nitrogens with one attached hydrogen (secondary N) is 1. The molecule has 1 N–H and O–H groups in total. The van der Waals surface area contributed by atoms with Crippen molar-refractivity contribution in [3.8, 4) is 0 Å². The summed E-state index contributed by atoms with van der Waals surface area (Å²) in [4.78, 5) is 1.18. The van der Waals surface area contributed by atoms with Gasteiger partial charge in [0.25, 0.3) is 0 Å². The fraction of sp³-hybridized carbons (Fsp3) is 0.286. The van der Waals surface area contributed by atoms with Crippen molar-refractivity contribution in [2.24, 2.45) is 0 Å². The summed E-state index contributed by atoms with van der Waals surface area (Å²) in [6, 6.07) is 7.44. The summed E-state index contributed by atoms with van der Waals surface area (Å²) >= 11 is 5.04. The molecule has 0 saturated heterocycles. The molecule has 0 spiro atoms. The molecular formula is C14H13BrF3NS. The summed E-state index contributed by atoms with van der Waals surface area (Å²) in [5.41, 5.74) is 0.219. The van der Waals surface area contributed by atoms with E-state index >= 15 is 0 Å². The van der Waals surface area contributed by atoms with Gasteiger partial charge in [-0.25, -0.2) is 0 Å². The van der Waals surface area contributed by atoms with Crippen LogP contribution in [0, 0.1) is 0 Å². The third-order valence-electron chi connectivity index (χ3n) is 2.91. The van der Waals surface area contributed by atoms with Gasteiger partial charge in [0, 0.05) is 27.3 Å². The van der Waals surface area contributed by atoms with Gasteiger partial charge in [-0.3, -0.25) is 0 Å². The topological polar surface area (TPSA) is 12.0 Å². The Morgan fingerprint density at radius 3 is 2.40 bits per heavy atom. The van der Waals surface area contributed by atoms with Crippen LogP contribution in [-0.2, 0) is 12.7 Å². The number of hydrogen-bond donors (Lipinski definition) is 1. The lowest BCUT2D eigenvalue weighted by molar-refractivity contribution is -0.137. The van der Waals surface area contributed by atoms with E-state index in [1.807, 2.05) is 18.4 Å². The van der Waals surface area contributed by atoms with Crippen LogP contribution in [0.5, 0.6) is 0 Å². The SMILES string of the molecule is CC(NCc1ccc(C(F)(F)F)cc1)c1cc(Br)cs1. The van der Waals surface area contributed by atoms with Crippen molar-refractivity contribution in [1.82, 2.24) is 5.32 Å². The van der Waals surface area contributed by atoms with Crippen LogP contribution in [0.1, 0.15) is 29.0 Å². The first-order chi connectivity index (χ1) is 9.36. The van der Waals surface area contributed by atoms with Gasteiger partial charge in [0.05, 0.1) is 5.56 Å². The van der Waals surface area contributed by atoms with Crippen LogP contribution in [0.25, 0.3) is 0 Å². The van der Waals surface area contributed by atoms with Crippen molar-refractivity contribution in [2.75, 3.05) is 0 Å². The number of halogens is 4. The molecule has 2 rings (SSSR count). The zero-order chi connectivity index (χ0) is 14.8. The maximum absolute atomic E-state index is 12.4. The van der Waals surface area contributed by atoms with E-state index in [1.54, 1.807) is 11.3 Å². The van der Waals surface area contributed by atoms with E-state index in [2.05, 4.69) is 21.2 Å². The first-order valence-electron chi connectivity index (χ1n) is 5.99. The minimum absolute atomic E-state index is 0.161. The van der Waals surface area contributed by atoms with Gasteiger partial charge in [-0.05, 0) is 46.6 Å². The molecule has 0 bridgehead atoms. The molecule has 0 aliphatic rings. The molecule has 0 amide bonds. The Bertz CT molecular complexity index is 563. The normalized spacial score (nSPS) is 13.4. The lowest BCUT2D eigenvalue weighted by Gasteiger charge is -2.13. The van der Waals surface area contributed by atoms with Gasteiger partial charge < -0.3 is 5.32 Å². The minimum atomic E-state index is -4.28. The maximum Gasteiger partial charge on any atom is 0.416 e. The van der Waals surface area contributed by atoms with Gasteiger partial charge in [0.1, 0.15) is 0 Å². The lowest BCUT2D eigenvalue weighted by Crippen LogP contribution is -2.17. The van der Waals surface area contributed by atoms with Gasteiger partial charge in [-0.15, -0.1) is 11.3 Å². The molecule has 1 aromatic heterocycles. The average Bonchev–Trinajstić information content (AvgIpc) is 2.82. The lowest BCUT2D eigenvalue weighted by atomic mass is 10.1. The predicted octanol–water partition coefficient (Wildman–Crippen LogP) is 5.38. The van der Waals surface area contributed by atoms with Crippen LogP contribution >= 0.6 is 27.3 Å². The van der Waals surface area contributed by atoms with Gasteiger partial charge in [0.15, 0.2) is 0 Å². The van der Waals surface area contributed by atoms with E-state index in [-0.39, 0.29) is 6.04 Å². The first-order valence-corrected chi connectivity index (χ1v) is 7.67. The molecular weight excluding hydrogens is 351 g/mol. The fourth-order valence-corrected chi connectivity index (χ4v) is 3.22. The van der Waals surface area contributed by atoms with E-state index in [0.717, 1.165) is 22.2 Å². The molecule has 1 nitrogen and oxygen atoms in total. The highest BCUT2D eigenvalue weighted by molar-refractivity contribution is 9.10. The second-order valence-corrected chi connectivity index (χ2v) is 6.32. The largest absolute Gasteiger partial charge is 0.416 e. The van der Waals surface area contributed by atoms with Crippen molar-refractivity contribution in [2.45, 2.75) is 25.7 Å². The van der Waals surface area contributed by atoms with Gasteiger partial charge >= 0.3 is 6.18 Å². The number of alkyl halides is 3. The summed E-state index contributed by atoms with van der Waals surface area (Å²) in [7, 11) is 0. The van der Waals surface area contributed by atoms with Crippen LogP contribution in [-0.4, -0.2) is 0 Å². The molecule has 2 aromatic rings. The molecule has 0 fully saturated rings. The quantitative estimate of drug-likeness (QED) is 0.768. The Morgan fingerprint density at radius 2 is 1.90 bits per heavy atom. The predicted molar refractivity (Wildman–Crippen MR) is 78.7 cm³/mol. The van der Waals surface area contributed by atoms with Gasteiger partial charge in [0.2, 0.25) is 0 Å². The van der Waals surface area contributed by atoms with Crippen molar-refractivity contribution in [3.63, 3.8) is 0 Å². The van der Waals surface area contributed by atoms with Crippen LogP contribution in [0.2, 0.25) is 0 Å². The molecule has 1 aromatic carbocycles. The molecule has 6 heteroatoms. The summed E-state index contributed by atoms with van der Waals surface area (Å²) in [6.07, 6.45) is -4.28. The van der Waals surface area contributed by atoms with Crippen molar-refractivity contribution in [3.05, 3.63) is 56.2 Å². The highest BCUT2D eigenvalue weighted by atomic mass is 79.9. The number of thiophene rings is 1. The molecule has 0 saturated carbocycles. The van der Waals surface area contributed by atoms with Crippen LogP contribution in [0.3, 0.4) is 0 Å². The van der Waals surface area contributed by atoms with Crippen LogP contribution in [0.15, 0.2) is 40.2 Å². The molecule has 0 aliphatic heterocycles. The zero-order valence-corrected chi connectivity index (χ0v) is 13.1. The van der Waals surface area contributed by atoms with E-state index in [1.165, 1.54) is 17.0 Å². The Labute approximate surface area is 128 Å². The number of rotatable bonds is 4. The molecule has 1 atom stereocenters. The van der Waals surface area contributed by atoms with E-state index in [4.69, 9.17) is 0 Å². The number of hydrogen-bond acceptors (Lipinski definition) is 2. The van der Waals surface area contributed by atoms with Crippen molar-refractivity contribution < 1.29 is 13.2 Å². The van der Waals surface area contributed by atoms with E-state index in [9.17, 15) is 13.2 Å². The standard InChI is InChI=1S/C14H13BrF3NS/c1-9(13-6-12(15)8-20-13)19-7-10-2-4-11(5-3-10)14(16,17)18/h2-6,8-9,19H,7H2,1H3. The zero-order valence-electron chi connectivity index (χ0n) is 10.7. The van der Waals surface area contributed by atoms with Crippen molar-refractivity contribution >= 4 is 27.3 Å². The van der Waals surface area contributed by atoms with Gasteiger partial charge in [-0.1, -0.05) is 12.1 Å². The third kappa shape index (κ3) is 4.07. The number of benzene rings is 1. The molecule has 20 heavy (non-hydrogen) atoms. The Hall–Kier alpha value is -0.850. The molecule has 0 aliphatic carbocycles. The second kappa shape index (κ2) is 6.28. The third-order valence-corrected chi connectivity index (χ3v) is 4.78. The molecule has 1 heterocycles. The molecule has 108 valence electrons. The Morgan fingerprint density at radius 1 is 1.25 bits per heavy atom. The van der Waals surface area contributed by atoms with E-state index in [0.29, 0.717) is 6.54 Å². The first kappa shape index (κ1) is 15.5.